The zero-order chi connectivity index (χ0) is 30.4. The Hall–Kier alpha value is -5.86. The summed E-state index contributed by atoms with van der Waals surface area (Å²) in [4.78, 5) is 2.39. The summed E-state index contributed by atoms with van der Waals surface area (Å²) in [5.41, 5.74) is 12.3. The van der Waals surface area contributed by atoms with Crippen LogP contribution in [-0.4, -0.2) is 7.11 Å². The Morgan fingerprint density at radius 3 is 1.33 bits per heavy atom. The molecule has 7 rings (SSSR count). The van der Waals surface area contributed by atoms with Gasteiger partial charge < -0.3 is 9.64 Å². The number of anilines is 3. The van der Waals surface area contributed by atoms with E-state index < -0.39 is 0 Å². The van der Waals surface area contributed by atoms with E-state index in [1.54, 1.807) is 7.11 Å². The van der Waals surface area contributed by atoms with Crippen molar-refractivity contribution in [1.82, 2.24) is 0 Å². The summed E-state index contributed by atoms with van der Waals surface area (Å²) in [6.07, 6.45) is 0. The molecule has 0 saturated carbocycles. The molecule has 0 atom stereocenters. The van der Waals surface area contributed by atoms with Crippen molar-refractivity contribution in [1.29, 1.82) is 0 Å². The van der Waals surface area contributed by atoms with Gasteiger partial charge in [0.05, 0.1) is 18.5 Å². The highest BCUT2D eigenvalue weighted by Crippen LogP contribution is 2.48. The molecule has 0 amide bonds. The molecule has 45 heavy (non-hydrogen) atoms. The van der Waals surface area contributed by atoms with E-state index in [1.165, 1.54) is 5.56 Å². The number of nitrogens with zero attached hydrogens (tertiary/aromatic N) is 1. The van der Waals surface area contributed by atoms with E-state index in [0.717, 1.165) is 61.8 Å². The van der Waals surface area contributed by atoms with Gasteiger partial charge >= 0.3 is 0 Å². The second-order valence-corrected chi connectivity index (χ2v) is 11.0. The molecule has 2 nitrogen and oxygen atoms in total. The molecule has 0 bridgehead atoms. The van der Waals surface area contributed by atoms with Gasteiger partial charge in [0, 0.05) is 22.9 Å². The van der Waals surface area contributed by atoms with E-state index in [1.807, 2.05) is 6.07 Å². The zero-order valence-corrected chi connectivity index (χ0v) is 25.2. The van der Waals surface area contributed by atoms with Crippen molar-refractivity contribution in [2.45, 2.75) is 0 Å². The zero-order valence-electron chi connectivity index (χ0n) is 25.2. The summed E-state index contributed by atoms with van der Waals surface area (Å²) in [6.45, 7) is 0. The van der Waals surface area contributed by atoms with Crippen LogP contribution in [0, 0.1) is 0 Å². The molecule has 0 N–H and O–H groups in total. The van der Waals surface area contributed by atoms with Crippen molar-refractivity contribution in [3.05, 3.63) is 182 Å². The quantitative estimate of drug-likeness (QED) is 0.178. The van der Waals surface area contributed by atoms with Crippen LogP contribution >= 0.6 is 0 Å². The fraction of sp³-hybridized carbons (Fsp3) is 0.0233. The highest BCUT2D eigenvalue weighted by molar-refractivity contribution is 5.98. The highest BCUT2D eigenvalue weighted by atomic mass is 16.5. The first kappa shape index (κ1) is 27.9. The second-order valence-electron chi connectivity index (χ2n) is 11.0. The maximum atomic E-state index is 5.94. The SMILES string of the molecule is COc1cc(-c2ccccc2)cc(N(c2cccc(-c3ccccc3)c2)c2c(-c3ccccc3)cccc2-c2ccccc2)c1. The van der Waals surface area contributed by atoms with Crippen molar-refractivity contribution in [3.63, 3.8) is 0 Å². The van der Waals surface area contributed by atoms with Gasteiger partial charge in [-0.15, -0.1) is 0 Å². The molecule has 216 valence electrons. The first-order chi connectivity index (χ1) is 22.3. The minimum absolute atomic E-state index is 0.800. The van der Waals surface area contributed by atoms with Gasteiger partial charge in [-0.05, 0) is 57.6 Å². The molecule has 0 aromatic heterocycles. The summed E-state index contributed by atoms with van der Waals surface area (Å²) in [5.74, 6) is 0.800. The predicted molar refractivity (Wildman–Crippen MR) is 189 cm³/mol. The molecule has 2 heteroatoms. The lowest BCUT2D eigenvalue weighted by molar-refractivity contribution is 0.415. The van der Waals surface area contributed by atoms with Crippen LogP contribution in [0.5, 0.6) is 5.75 Å². The fourth-order valence-corrected chi connectivity index (χ4v) is 5.98. The van der Waals surface area contributed by atoms with Crippen LogP contribution in [0.3, 0.4) is 0 Å². The maximum Gasteiger partial charge on any atom is 0.121 e. The highest BCUT2D eigenvalue weighted by Gasteiger charge is 2.23. The van der Waals surface area contributed by atoms with Crippen molar-refractivity contribution in [3.8, 4) is 50.3 Å². The van der Waals surface area contributed by atoms with Crippen LogP contribution in [0.4, 0.5) is 17.1 Å². The minimum atomic E-state index is 0.800. The van der Waals surface area contributed by atoms with E-state index in [0.29, 0.717) is 0 Å². The van der Waals surface area contributed by atoms with E-state index in [-0.39, 0.29) is 0 Å². The molecular formula is C43H33NO. The van der Waals surface area contributed by atoms with Crippen molar-refractivity contribution in [2.24, 2.45) is 0 Å². The Morgan fingerprint density at radius 2 is 0.800 bits per heavy atom. The average Bonchev–Trinajstić information content (AvgIpc) is 3.13. The molecule has 0 unspecified atom stereocenters. The average molecular weight is 580 g/mol. The van der Waals surface area contributed by atoms with Crippen LogP contribution in [0.15, 0.2) is 182 Å². The standard InChI is InChI=1S/C43H33NO/c1-45-40-30-37(33-18-8-3-9-19-33)29-39(31-40)44(38-25-14-24-36(28-38)32-16-6-2-7-17-32)43-41(34-20-10-4-11-21-34)26-15-27-42(43)35-22-12-5-13-23-35/h2-31H,1H3. The van der Waals surface area contributed by atoms with E-state index in [4.69, 9.17) is 4.74 Å². The van der Waals surface area contributed by atoms with Crippen molar-refractivity contribution < 1.29 is 4.74 Å². The molecule has 0 fully saturated rings. The normalized spacial score (nSPS) is 10.8. The lowest BCUT2D eigenvalue weighted by Crippen LogP contribution is -2.13. The maximum absolute atomic E-state index is 5.94. The first-order valence-electron chi connectivity index (χ1n) is 15.2. The smallest absolute Gasteiger partial charge is 0.121 e. The summed E-state index contributed by atoms with van der Waals surface area (Å²) in [5, 5.41) is 0. The van der Waals surface area contributed by atoms with E-state index >= 15 is 0 Å². The molecule has 0 aliphatic carbocycles. The second kappa shape index (κ2) is 12.8. The molecule has 0 spiro atoms. The molecule has 0 saturated heterocycles. The number of rotatable bonds is 8. The van der Waals surface area contributed by atoms with Gasteiger partial charge in [-0.25, -0.2) is 0 Å². The number of methoxy groups -OCH3 is 1. The number of hydrogen-bond donors (Lipinski definition) is 0. The number of ether oxygens (including phenoxy) is 1. The molecule has 0 radical (unpaired) electrons. The monoisotopic (exact) mass is 579 g/mol. The Labute approximate surface area is 265 Å². The molecular weight excluding hydrogens is 546 g/mol. The van der Waals surface area contributed by atoms with Gasteiger partial charge in [0.2, 0.25) is 0 Å². The molecule has 7 aromatic carbocycles. The lowest BCUT2D eigenvalue weighted by Gasteiger charge is -2.31. The summed E-state index contributed by atoms with van der Waals surface area (Å²) in [7, 11) is 1.74. The van der Waals surface area contributed by atoms with Gasteiger partial charge in [-0.2, -0.15) is 0 Å². The van der Waals surface area contributed by atoms with Crippen molar-refractivity contribution in [2.75, 3.05) is 12.0 Å². The van der Waals surface area contributed by atoms with Crippen LogP contribution in [0.2, 0.25) is 0 Å². The van der Waals surface area contributed by atoms with Crippen LogP contribution in [0.25, 0.3) is 44.5 Å². The Morgan fingerprint density at radius 1 is 0.356 bits per heavy atom. The van der Waals surface area contributed by atoms with Gasteiger partial charge in [0.15, 0.2) is 0 Å². The van der Waals surface area contributed by atoms with Crippen molar-refractivity contribution >= 4 is 17.1 Å². The summed E-state index contributed by atoms with van der Waals surface area (Å²) < 4.78 is 5.94. The van der Waals surface area contributed by atoms with Crippen LogP contribution in [0.1, 0.15) is 0 Å². The topological polar surface area (TPSA) is 12.5 Å². The minimum Gasteiger partial charge on any atom is -0.497 e. The Balaban J connectivity index is 1.55. The number of para-hydroxylation sites is 1. The first-order valence-corrected chi connectivity index (χ1v) is 15.2. The number of benzene rings is 7. The van der Waals surface area contributed by atoms with Gasteiger partial charge in [-0.3, -0.25) is 0 Å². The largest absolute Gasteiger partial charge is 0.497 e. The van der Waals surface area contributed by atoms with Gasteiger partial charge in [0.25, 0.3) is 0 Å². The number of hydrogen-bond acceptors (Lipinski definition) is 2. The molecule has 0 aliphatic rings. The van der Waals surface area contributed by atoms with Crippen LogP contribution < -0.4 is 9.64 Å². The Bertz CT molecular complexity index is 1960. The summed E-state index contributed by atoms with van der Waals surface area (Å²) >= 11 is 0. The molecule has 7 aromatic rings. The lowest BCUT2D eigenvalue weighted by atomic mass is 9.93. The van der Waals surface area contributed by atoms with E-state index in [2.05, 4.69) is 181 Å². The third-order valence-electron chi connectivity index (χ3n) is 8.13. The third kappa shape index (κ3) is 5.87. The third-order valence-corrected chi connectivity index (χ3v) is 8.13. The predicted octanol–water partition coefficient (Wildman–Crippen LogP) is 11.8. The molecule has 0 heterocycles. The molecule has 0 aliphatic heterocycles. The van der Waals surface area contributed by atoms with Crippen LogP contribution in [-0.2, 0) is 0 Å². The van der Waals surface area contributed by atoms with Gasteiger partial charge in [-0.1, -0.05) is 152 Å². The Kier molecular flexibility index (Phi) is 7.94. The summed E-state index contributed by atoms with van der Waals surface area (Å²) in [6, 6.07) is 64.3. The fourth-order valence-electron chi connectivity index (χ4n) is 5.98. The van der Waals surface area contributed by atoms with Gasteiger partial charge in [0.1, 0.15) is 5.75 Å². The van der Waals surface area contributed by atoms with E-state index in [9.17, 15) is 0 Å².